The molecule has 0 N–H and O–H groups in total. The lowest BCUT2D eigenvalue weighted by Gasteiger charge is -2.13. The maximum absolute atomic E-state index is 13.4. The van der Waals surface area contributed by atoms with Gasteiger partial charge in [0.15, 0.2) is 11.6 Å². The van der Waals surface area contributed by atoms with Crippen LogP contribution in [0.25, 0.3) is 33.4 Å². The van der Waals surface area contributed by atoms with Crippen molar-refractivity contribution >= 4 is 22.7 Å². The Kier molecular flexibility index (Phi) is 6.15. The smallest absolute Gasteiger partial charge is 0.289 e. The van der Waals surface area contributed by atoms with Crippen LogP contribution in [0.15, 0.2) is 96.1 Å². The first kappa shape index (κ1) is 27.4. The van der Waals surface area contributed by atoms with Crippen molar-refractivity contribution in [3.05, 3.63) is 129 Å². The fourth-order valence-corrected chi connectivity index (χ4v) is 5.64. The van der Waals surface area contributed by atoms with Crippen molar-refractivity contribution in [1.82, 2.24) is 0 Å². The van der Waals surface area contributed by atoms with Gasteiger partial charge in [0.05, 0.1) is 11.1 Å². The lowest BCUT2D eigenvalue weighted by molar-refractivity contribution is -0.138. The van der Waals surface area contributed by atoms with E-state index in [1.54, 1.807) is 50.2 Å². The number of halogens is 6. The van der Waals surface area contributed by atoms with Crippen LogP contribution in [0.3, 0.4) is 0 Å². The zero-order chi connectivity index (χ0) is 30.1. The molecule has 0 saturated carbocycles. The maximum atomic E-state index is 13.4. The van der Waals surface area contributed by atoms with Gasteiger partial charge < -0.3 is 0 Å². The zero-order valence-corrected chi connectivity index (χ0v) is 22.2. The number of fused-ring (bicyclic) bond motifs is 2. The third-order valence-electron chi connectivity index (χ3n) is 7.84. The highest BCUT2D eigenvalue weighted by atomic mass is 19.4. The average molecular weight is 575 g/mol. The van der Waals surface area contributed by atoms with Gasteiger partial charge in [-0.25, -0.2) is 0 Å². The summed E-state index contributed by atoms with van der Waals surface area (Å²) in [6.45, 7) is 3.35. The molecule has 0 unspecified atom stereocenters. The van der Waals surface area contributed by atoms with Gasteiger partial charge >= 0.3 is 12.4 Å². The van der Waals surface area contributed by atoms with Crippen LogP contribution in [0.5, 0.6) is 0 Å². The first-order chi connectivity index (χ1) is 19.8. The van der Waals surface area contributed by atoms with E-state index < -0.39 is 23.5 Å². The van der Waals surface area contributed by atoms with Crippen LogP contribution in [-0.4, -0.2) is 11.6 Å². The fourth-order valence-electron chi connectivity index (χ4n) is 5.64. The van der Waals surface area contributed by atoms with E-state index in [1.807, 2.05) is 0 Å². The molecule has 4 aromatic carbocycles. The topological polar surface area (TPSA) is 34.1 Å². The van der Waals surface area contributed by atoms with Crippen molar-refractivity contribution in [1.29, 1.82) is 0 Å². The summed E-state index contributed by atoms with van der Waals surface area (Å²) >= 11 is 0. The summed E-state index contributed by atoms with van der Waals surface area (Å²) in [5, 5.41) is 0. The van der Waals surface area contributed by atoms with E-state index in [0.29, 0.717) is 66.8 Å². The van der Waals surface area contributed by atoms with Crippen molar-refractivity contribution in [3.63, 3.8) is 0 Å². The van der Waals surface area contributed by atoms with Gasteiger partial charge in [0.1, 0.15) is 0 Å². The van der Waals surface area contributed by atoms with E-state index in [-0.39, 0.29) is 11.6 Å². The quantitative estimate of drug-likeness (QED) is 0.228. The van der Waals surface area contributed by atoms with Crippen LogP contribution in [0.2, 0.25) is 0 Å². The number of rotatable bonds is 3. The molecule has 0 radical (unpaired) electrons. The molecule has 0 spiro atoms. The molecule has 4 aromatic rings. The second kappa shape index (κ2) is 9.41. The molecule has 0 atom stereocenters. The van der Waals surface area contributed by atoms with Crippen LogP contribution in [-0.2, 0) is 12.4 Å². The Hall–Kier alpha value is -4.72. The van der Waals surface area contributed by atoms with Crippen LogP contribution in [0, 0.1) is 0 Å². The fraction of sp³-hybridized carbons (Fsp3) is 0.118. The summed E-state index contributed by atoms with van der Waals surface area (Å²) in [7, 11) is 0. The molecule has 42 heavy (non-hydrogen) atoms. The summed E-state index contributed by atoms with van der Waals surface area (Å²) in [5.41, 5.74) is 4.81. The predicted octanol–water partition coefficient (Wildman–Crippen LogP) is 9.70. The molecule has 0 bridgehead atoms. The van der Waals surface area contributed by atoms with Gasteiger partial charge in [-0.1, -0.05) is 48.5 Å². The van der Waals surface area contributed by atoms with Crippen LogP contribution in [0.4, 0.5) is 26.3 Å². The molecular formula is C34H20F6O2. The third kappa shape index (κ3) is 4.38. The van der Waals surface area contributed by atoms with Gasteiger partial charge in [-0.3, -0.25) is 9.59 Å². The normalized spacial score (nSPS) is 15.0. The minimum atomic E-state index is -4.46. The standard InChI is InChI=1S/C34H20F6O2/c1-17-29(25-13-7-21(15-27(25)31(17)41)19-3-9-23(10-4-19)33(35,36)37)30-18(2)32(42)28-16-22(8-14-26(28)30)20-5-11-24(12-6-20)34(38,39)40/h3-16H,1-2H3. The Balaban J connectivity index is 1.37. The molecule has 2 aliphatic rings. The van der Waals surface area contributed by atoms with Crippen LogP contribution >= 0.6 is 0 Å². The Morgan fingerprint density at radius 3 is 1.05 bits per heavy atom. The van der Waals surface area contributed by atoms with Crippen molar-refractivity contribution in [2.45, 2.75) is 26.2 Å². The molecule has 0 aromatic heterocycles. The second-order valence-electron chi connectivity index (χ2n) is 10.3. The van der Waals surface area contributed by atoms with Gasteiger partial charge in [-0.2, -0.15) is 26.3 Å². The van der Waals surface area contributed by atoms with E-state index in [2.05, 4.69) is 0 Å². The molecule has 2 aliphatic carbocycles. The van der Waals surface area contributed by atoms with Crippen molar-refractivity contribution < 1.29 is 35.9 Å². The molecule has 8 heteroatoms. The van der Waals surface area contributed by atoms with E-state index >= 15 is 0 Å². The molecule has 0 aliphatic heterocycles. The minimum Gasteiger partial charge on any atom is -0.289 e. The first-order valence-corrected chi connectivity index (χ1v) is 12.9. The van der Waals surface area contributed by atoms with E-state index in [4.69, 9.17) is 0 Å². The van der Waals surface area contributed by atoms with Gasteiger partial charge in [0, 0.05) is 22.3 Å². The SMILES string of the molecule is CC1=C(C2=C(C)C(=O)c3cc(-c4ccc(C(F)(F)F)cc4)ccc32)c2ccc(-c3ccc(C(F)(F)F)cc3)cc2C1=O. The van der Waals surface area contributed by atoms with Crippen molar-refractivity contribution in [2.75, 3.05) is 0 Å². The maximum Gasteiger partial charge on any atom is 0.416 e. The summed E-state index contributed by atoms with van der Waals surface area (Å²) in [4.78, 5) is 26.8. The highest BCUT2D eigenvalue weighted by Crippen LogP contribution is 2.48. The number of ketones is 2. The predicted molar refractivity (Wildman–Crippen MR) is 148 cm³/mol. The summed E-state index contributed by atoms with van der Waals surface area (Å²) in [6.07, 6.45) is -8.91. The molecule has 2 nitrogen and oxygen atoms in total. The molecular weight excluding hydrogens is 554 g/mol. The van der Waals surface area contributed by atoms with Crippen LogP contribution in [0.1, 0.15) is 56.8 Å². The van der Waals surface area contributed by atoms with Crippen molar-refractivity contribution in [2.24, 2.45) is 0 Å². The van der Waals surface area contributed by atoms with E-state index in [9.17, 15) is 35.9 Å². The van der Waals surface area contributed by atoms with E-state index in [1.165, 1.54) is 24.3 Å². The number of carbonyl (C=O) groups is 2. The van der Waals surface area contributed by atoms with Gasteiger partial charge in [-0.15, -0.1) is 0 Å². The monoisotopic (exact) mass is 574 g/mol. The second-order valence-corrected chi connectivity index (χ2v) is 10.3. The molecule has 0 saturated heterocycles. The number of allylic oxidation sites excluding steroid dienone is 4. The molecule has 0 heterocycles. The average Bonchev–Trinajstić information content (AvgIpc) is 3.35. The van der Waals surface area contributed by atoms with Crippen LogP contribution < -0.4 is 0 Å². The number of hydrogen-bond acceptors (Lipinski definition) is 2. The summed E-state index contributed by atoms with van der Waals surface area (Å²) in [6, 6.07) is 19.7. The number of hydrogen-bond donors (Lipinski definition) is 0. The minimum absolute atomic E-state index is 0.240. The summed E-state index contributed by atoms with van der Waals surface area (Å²) in [5.74, 6) is -0.479. The Morgan fingerprint density at radius 1 is 0.429 bits per heavy atom. The highest BCUT2D eigenvalue weighted by Gasteiger charge is 2.36. The first-order valence-electron chi connectivity index (χ1n) is 12.9. The molecule has 0 amide bonds. The molecule has 210 valence electrons. The molecule has 6 rings (SSSR count). The summed E-state index contributed by atoms with van der Waals surface area (Å²) < 4.78 is 78.0. The zero-order valence-electron chi connectivity index (χ0n) is 22.2. The Bertz CT molecular complexity index is 1730. The number of alkyl halides is 6. The van der Waals surface area contributed by atoms with E-state index in [0.717, 1.165) is 24.3 Å². The molecule has 0 fully saturated rings. The lowest BCUT2D eigenvalue weighted by atomic mass is 9.90. The third-order valence-corrected chi connectivity index (χ3v) is 7.84. The lowest BCUT2D eigenvalue weighted by Crippen LogP contribution is -2.04. The largest absolute Gasteiger partial charge is 0.416 e. The number of benzene rings is 4. The Morgan fingerprint density at radius 2 is 0.738 bits per heavy atom. The Labute approximate surface area is 236 Å². The van der Waals surface area contributed by atoms with Gasteiger partial charge in [-0.05, 0) is 94.8 Å². The number of Topliss-reactive ketones (excluding diaryl/α,β-unsaturated/α-hetero) is 2. The van der Waals surface area contributed by atoms with Gasteiger partial charge in [0.2, 0.25) is 0 Å². The van der Waals surface area contributed by atoms with Crippen molar-refractivity contribution in [3.8, 4) is 22.3 Å². The number of carbonyl (C=O) groups excluding carboxylic acids is 2. The van der Waals surface area contributed by atoms with Gasteiger partial charge in [0.25, 0.3) is 0 Å². The highest BCUT2D eigenvalue weighted by molar-refractivity contribution is 6.35.